The third-order valence-corrected chi connectivity index (χ3v) is 4.90. The molecule has 6 heteroatoms. The minimum atomic E-state index is 0.694. The molecule has 0 radical (unpaired) electrons. The van der Waals surface area contributed by atoms with Gasteiger partial charge >= 0.3 is 0 Å². The van der Waals surface area contributed by atoms with Gasteiger partial charge in [-0.05, 0) is 49.0 Å². The monoisotopic (exact) mass is 328 g/mol. The Bertz CT molecular complexity index is 819. The van der Waals surface area contributed by atoms with Crippen LogP contribution in [0.25, 0.3) is 16.8 Å². The Kier molecular flexibility index (Phi) is 4.10. The normalized spacial score (nSPS) is 18.3. The zero-order chi connectivity index (χ0) is 15.6. The maximum atomic E-state index is 5.40. The van der Waals surface area contributed by atoms with E-state index in [0.29, 0.717) is 5.92 Å². The van der Waals surface area contributed by atoms with E-state index >= 15 is 0 Å². The van der Waals surface area contributed by atoms with Crippen molar-refractivity contribution in [3.8, 4) is 0 Å². The molecule has 1 saturated heterocycles. The highest BCUT2D eigenvalue weighted by atomic mass is 32.2. The molecule has 0 saturated carbocycles. The third kappa shape index (κ3) is 2.88. The predicted octanol–water partition coefficient (Wildman–Crippen LogP) is 3.39. The van der Waals surface area contributed by atoms with Gasteiger partial charge in [-0.1, -0.05) is 12.1 Å². The van der Waals surface area contributed by atoms with Gasteiger partial charge in [0.15, 0.2) is 0 Å². The molecule has 1 fully saturated rings. The van der Waals surface area contributed by atoms with Crippen molar-refractivity contribution in [1.29, 1.82) is 0 Å². The van der Waals surface area contributed by atoms with Crippen LogP contribution in [0.15, 0.2) is 36.5 Å². The molecule has 2 aromatic heterocycles. The van der Waals surface area contributed by atoms with E-state index in [2.05, 4.69) is 32.6 Å². The average Bonchev–Trinajstić information content (AvgIpc) is 3.18. The molecule has 0 bridgehead atoms. The number of anilines is 1. The first-order valence-electron chi connectivity index (χ1n) is 7.99. The Morgan fingerprint density at radius 1 is 1.26 bits per heavy atom. The summed E-state index contributed by atoms with van der Waals surface area (Å²) < 4.78 is 7.45. The molecule has 1 atom stereocenters. The number of hydrogen-bond donors (Lipinski definition) is 0. The lowest BCUT2D eigenvalue weighted by molar-refractivity contribution is 0.328. The second-order valence-electron chi connectivity index (χ2n) is 5.93. The van der Waals surface area contributed by atoms with Crippen LogP contribution < -0.4 is 4.90 Å². The molecular formula is C17H20N4OS. The SMILES string of the molecule is CSOCCC1CCN(c2ccn3c(n2)nc2ccccc23)C1. The van der Waals surface area contributed by atoms with Crippen LogP contribution in [0, 0.1) is 5.92 Å². The molecule has 1 aliphatic heterocycles. The van der Waals surface area contributed by atoms with E-state index in [1.165, 1.54) is 18.5 Å². The minimum Gasteiger partial charge on any atom is -0.356 e. The lowest BCUT2D eigenvalue weighted by atomic mass is 10.1. The van der Waals surface area contributed by atoms with Crippen molar-refractivity contribution in [3.63, 3.8) is 0 Å². The fourth-order valence-corrected chi connectivity index (χ4v) is 3.55. The largest absolute Gasteiger partial charge is 0.356 e. The predicted molar refractivity (Wildman–Crippen MR) is 94.9 cm³/mol. The van der Waals surface area contributed by atoms with Crippen molar-refractivity contribution in [1.82, 2.24) is 14.4 Å². The number of hydrogen-bond acceptors (Lipinski definition) is 5. The van der Waals surface area contributed by atoms with Gasteiger partial charge in [0, 0.05) is 25.5 Å². The molecule has 23 heavy (non-hydrogen) atoms. The zero-order valence-corrected chi connectivity index (χ0v) is 14.0. The van der Waals surface area contributed by atoms with Crippen LogP contribution in [0.5, 0.6) is 0 Å². The molecule has 5 nitrogen and oxygen atoms in total. The minimum absolute atomic E-state index is 0.694. The average molecular weight is 328 g/mol. The smallest absolute Gasteiger partial charge is 0.236 e. The topological polar surface area (TPSA) is 42.7 Å². The maximum Gasteiger partial charge on any atom is 0.236 e. The van der Waals surface area contributed by atoms with Crippen molar-refractivity contribution >= 4 is 34.7 Å². The summed E-state index contributed by atoms with van der Waals surface area (Å²) in [5, 5.41) is 0. The Hall–Kier alpha value is -1.79. The molecule has 4 rings (SSSR count). The summed E-state index contributed by atoms with van der Waals surface area (Å²) in [5.74, 6) is 2.50. The van der Waals surface area contributed by atoms with E-state index in [0.717, 1.165) is 48.7 Å². The molecule has 0 aliphatic carbocycles. The Labute approximate surface area is 139 Å². The van der Waals surface area contributed by atoms with Gasteiger partial charge < -0.3 is 9.08 Å². The molecule has 1 unspecified atom stereocenters. The second kappa shape index (κ2) is 6.37. The van der Waals surface area contributed by atoms with Crippen molar-refractivity contribution in [2.45, 2.75) is 12.8 Å². The summed E-state index contributed by atoms with van der Waals surface area (Å²) in [5.41, 5.74) is 2.10. The lowest BCUT2D eigenvalue weighted by Crippen LogP contribution is -2.21. The van der Waals surface area contributed by atoms with Crippen molar-refractivity contribution < 1.29 is 4.18 Å². The lowest BCUT2D eigenvalue weighted by Gasteiger charge is -2.17. The highest BCUT2D eigenvalue weighted by Crippen LogP contribution is 2.25. The van der Waals surface area contributed by atoms with E-state index in [1.807, 2.05) is 24.5 Å². The molecule has 0 N–H and O–H groups in total. The van der Waals surface area contributed by atoms with Crippen LogP contribution in [-0.2, 0) is 4.18 Å². The zero-order valence-electron chi connectivity index (χ0n) is 13.2. The van der Waals surface area contributed by atoms with Crippen LogP contribution in [0.2, 0.25) is 0 Å². The van der Waals surface area contributed by atoms with E-state index < -0.39 is 0 Å². The maximum absolute atomic E-state index is 5.40. The van der Waals surface area contributed by atoms with Gasteiger partial charge in [0.2, 0.25) is 5.78 Å². The molecule has 0 spiro atoms. The third-order valence-electron chi connectivity index (χ3n) is 4.50. The Morgan fingerprint density at radius 3 is 3.09 bits per heavy atom. The van der Waals surface area contributed by atoms with Crippen LogP contribution in [0.3, 0.4) is 0 Å². The van der Waals surface area contributed by atoms with Crippen molar-refractivity contribution in [2.24, 2.45) is 5.92 Å². The number of rotatable bonds is 5. The highest BCUT2D eigenvalue weighted by Gasteiger charge is 2.23. The van der Waals surface area contributed by atoms with E-state index in [9.17, 15) is 0 Å². The highest BCUT2D eigenvalue weighted by molar-refractivity contribution is 7.93. The van der Waals surface area contributed by atoms with Crippen molar-refractivity contribution in [2.75, 3.05) is 30.9 Å². The molecule has 3 aromatic rings. The summed E-state index contributed by atoms with van der Waals surface area (Å²) in [7, 11) is 0. The Morgan fingerprint density at radius 2 is 2.17 bits per heavy atom. The van der Waals surface area contributed by atoms with Gasteiger partial charge in [-0.3, -0.25) is 4.40 Å². The van der Waals surface area contributed by atoms with Crippen LogP contribution in [-0.4, -0.2) is 40.3 Å². The fourth-order valence-electron chi connectivity index (χ4n) is 3.29. The number of aromatic nitrogens is 3. The molecular weight excluding hydrogens is 308 g/mol. The van der Waals surface area contributed by atoms with E-state index in [-0.39, 0.29) is 0 Å². The summed E-state index contributed by atoms with van der Waals surface area (Å²) in [4.78, 5) is 11.8. The number of imidazole rings is 1. The second-order valence-corrected chi connectivity index (χ2v) is 6.50. The standard InChI is InChI=1S/C17H20N4OS/c1-23-22-11-8-13-6-9-20(12-13)16-7-10-21-15-5-3-2-4-14(15)18-17(21)19-16/h2-5,7,10,13H,6,8-9,11-12H2,1H3. The van der Waals surface area contributed by atoms with Gasteiger partial charge in [0.25, 0.3) is 0 Å². The number of benzene rings is 1. The quantitative estimate of drug-likeness (QED) is 0.530. The summed E-state index contributed by atoms with van der Waals surface area (Å²) >= 11 is 1.45. The van der Waals surface area contributed by atoms with Crippen LogP contribution in [0.1, 0.15) is 12.8 Å². The van der Waals surface area contributed by atoms with Crippen LogP contribution in [0.4, 0.5) is 5.82 Å². The molecule has 1 aliphatic rings. The van der Waals surface area contributed by atoms with Crippen molar-refractivity contribution in [3.05, 3.63) is 36.5 Å². The van der Waals surface area contributed by atoms with E-state index in [1.54, 1.807) is 0 Å². The first kappa shape index (κ1) is 14.8. The van der Waals surface area contributed by atoms with Gasteiger partial charge in [-0.2, -0.15) is 4.98 Å². The molecule has 120 valence electrons. The molecule has 3 heterocycles. The summed E-state index contributed by atoms with van der Waals surface area (Å²) in [6.45, 7) is 2.95. The van der Waals surface area contributed by atoms with Crippen LogP contribution >= 0.6 is 12.0 Å². The number of fused-ring (bicyclic) bond motifs is 3. The van der Waals surface area contributed by atoms with Gasteiger partial charge in [0.05, 0.1) is 17.6 Å². The summed E-state index contributed by atoms with van der Waals surface area (Å²) in [6.07, 6.45) is 6.37. The van der Waals surface area contributed by atoms with Gasteiger partial charge in [-0.15, -0.1) is 0 Å². The van der Waals surface area contributed by atoms with E-state index in [4.69, 9.17) is 9.17 Å². The van der Waals surface area contributed by atoms with Gasteiger partial charge in [-0.25, -0.2) is 4.98 Å². The Balaban J connectivity index is 1.54. The number of nitrogens with zero attached hydrogens (tertiary/aromatic N) is 4. The first-order chi connectivity index (χ1) is 11.3. The fraction of sp³-hybridized carbons (Fsp3) is 0.412. The molecule has 0 amide bonds. The van der Waals surface area contributed by atoms with Gasteiger partial charge in [0.1, 0.15) is 5.82 Å². The molecule has 1 aromatic carbocycles. The summed E-state index contributed by atoms with van der Waals surface area (Å²) in [6, 6.07) is 10.3. The number of para-hydroxylation sites is 2. The first-order valence-corrected chi connectivity index (χ1v) is 9.14.